The number of carbonyl (C=O) groups is 1. The van der Waals surface area contributed by atoms with E-state index in [-0.39, 0.29) is 17.1 Å². The van der Waals surface area contributed by atoms with Gasteiger partial charge in [-0.3, -0.25) is 4.79 Å². The van der Waals surface area contributed by atoms with E-state index in [1.807, 2.05) is 53.8 Å². The van der Waals surface area contributed by atoms with Crippen molar-refractivity contribution in [3.05, 3.63) is 69.7 Å². The van der Waals surface area contributed by atoms with E-state index in [0.29, 0.717) is 12.3 Å². The number of methoxy groups -OCH3 is 1. The summed E-state index contributed by atoms with van der Waals surface area (Å²) in [6.45, 7) is 4.57. The number of halogens is 1. The maximum atomic E-state index is 13.4. The highest BCUT2D eigenvalue weighted by atomic mass is 32.1. The molecule has 0 saturated carbocycles. The second-order valence-electron chi connectivity index (χ2n) is 7.44. The van der Waals surface area contributed by atoms with Gasteiger partial charge < -0.3 is 14.2 Å². The summed E-state index contributed by atoms with van der Waals surface area (Å²) >= 11 is 1.10. The summed E-state index contributed by atoms with van der Waals surface area (Å²) in [6.07, 6.45) is 7.24. The average Bonchev–Trinajstić information content (AvgIpc) is 3.37. The number of likely N-dealkylation sites (tertiary alicyclic amines) is 1. The molecule has 0 unspecified atom stereocenters. The van der Waals surface area contributed by atoms with Crippen molar-refractivity contribution in [2.24, 2.45) is 0 Å². The number of thiophene rings is 1. The van der Waals surface area contributed by atoms with Gasteiger partial charge in [0.2, 0.25) is 5.91 Å². The monoisotopic (exact) mass is 425 g/mol. The molecule has 1 aliphatic rings. The van der Waals surface area contributed by atoms with Crippen LogP contribution in [0.15, 0.2) is 48.4 Å². The second-order valence-corrected chi connectivity index (χ2v) is 8.51. The minimum atomic E-state index is -0.225. The van der Waals surface area contributed by atoms with E-state index in [1.54, 1.807) is 19.5 Å². The largest absolute Gasteiger partial charge is 0.495 e. The normalized spacial score (nSPS) is 16.9. The molecule has 1 saturated heterocycles. The van der Waals surface area contributed by atoms with E-state index in [1.165, 1.54) is 6.07 Å². The number of hydrogen-bond acceptors (Lipinski definition) is 4. The van der Waals surface area contributed by atoms with Gasteiger partial charge in [0.25, 0.3) is 0 Å². The van der Waals surface area contributed by atoms with Gasteiger partial charge in [-0.25, -0.2) is 4.98 Å². The van der Waals surface area contributed by atoms with Crippen LogP contribution in [0.25, 0.3) is 11.8 Å². The third-order valence-corrected chi connectivity index (χ3v) is 6.43. The molecule has 0 radical (unpaired) electrons. The molecule has 3 heterocycles. The number of imidazole rings is 1. The first-order valence-electron chi connectivity index (χ1n) is 9.92. The fourth-order valence-corrected chi connectivity index (χ4v) is 4.59. The van der Waals surface area contributed by atoms with Crippen molar-refractivity contribution < 1.29 is 13.9 Å². The van der Waals surface area contributed by atoms with Gasteiger partial charge >= 0.3 is 0 Å². The average molecular weight is 426 g/mol. The van der Waals surface area contributed by atoms with Gasteiger partial charge in [-0.05, 0) is 62.6 Å². The second kappa shape index (κ2) is 8.44. The molecule has 1 fully saturated rings. The predicted octanol–water partition coefficient (Wildman–Crippen LogP) is 5.16. The lowest BCUT2D eigenvalue weighted by Crippen LogP contribution is -2.38. The maximum Gasteiger partial charge on any atom is 0.250 e. The number of ether oxygens (including phenoxy) is 1. The topological polar surface area (TPSA) is 47.4 Å². The lowest BCUT2D eigenvalue weighted by atomic mass is 9.99. The highest BCUT2D eigenvalue weighted by Crippen LogP contribution is 2.32. The first-order chi connectivity index (χ1) is 14.5. The number of piperidine rings is 1. The highest BCUT2D eigenvalue weighted by Gasteiger charge is 2.28. The van der Waals surface area contributed by atoms with Crippen LogP contribution in [0.3, 0.4) is 0 Å². The van der Waals surface area contributed by atoms with Crippen molar-refractivity contribution in [1.29, 1.82) is 0 Å². The highest BCUT2D eigenvalue weighted by molar-refractivity contribution is 7.10. The molecule has 0 N–H and O–H groups in total. The predicted molar refractivity (Wildman–Crippen MR) is 116 cm³/mol. The summed E-state index contributed by atoms with van der Waals surface area (Å²) in [5, 5.41) is -0.225. The molecule has 1 amide bonds. The molecule has 7 heteroatoms. The SMILES string of the molecule is COc1cc(C=C2CCCN([C@@H](C)c3ccc(F)s3)C2=O)ccc1-n1cnc(C)c1. The number of benzene rings is 1. The van der Waals surface area contributed by atoms with Crippen molar-refractivity contribution in [1.82, 2.24) is 14.5 Å². The molecule has 30 heavy (non-hydrogen) atoms. The molecule has 2 aromatic heterocycles. The van der Waals surface area contributed by atoms with Crippen molar-refractivity contribution >= 4 is 23.3 Å². The van der Waals surface area contributed by atoms with Gasteiger partial charge in [0.15, 0.2) is 5.13 Å². The van der Waals surface area contributed by atoms with Crippen molar-refractivity contribution in [3.8, 4) is 11.4 Å². The van der Waals surface area contributed by atoms with Crippen LogP contribution in [0.5, 0.6) is 5.75 Å². The smallest absolute Gasteiger partial charge is 0.250 e. The van der Waals surface area contributed by atoms with E-state index in [0.717, 1.165) is 51.6 Å². The summed E-state index contributed by atoms with van der Waals surface area (Å²) in [5.74, 6) is 0.722. The number of nitrogens with zero attached hydrogens (tertiary/aromatic N) is 3. The zero-order chi connectivity index (χ0) is 21.3. The quantitative estimate of drug-likeness (QED) is 0.531. The van der Waals surface area contributed by atoms with Gasteiger partial charge in [-0.15, -0.1) is 11.3 Å². The zero-order valence-corrected chi connectivity index (χ0v) is 18.1. The number of aryl methyl sites for hydroxylation is 1. The van der Waals surface area contributed by atoms with Crippen molar-refractivity contribution in [2.75, 3.05) is 13.7 Å². The minimum absolute atomic E-state index is 0.0100. The molecule has 1 aromatic carbocycles. The maximum absolute atomic E-state index is 13.4. The molecular formula is C23H24FN3O2S. The van der Waals surface area contributed by atoms with Crippen LogP contribution < -0.4 is 4.74 Å². The Morgan fingerprint density at radius 1 is 1.30 bits per heavy atom. The summed E-state index contributed by atoms with van der Waals surface area (Å²) in [4.78, 5) is 20.1. The molecule has 156 valence electrons. The molecule has 0 spiro atoms. The Morgan fingerprint density at radius 2 is 2.13 bits per heavy atom. The summed E-state index contributed by atoms with van der Waals surface area (Å²) in [5.41, 5.74) is 3.49. The van der Waals surface area contributed by atoms with Crippen LogP contribution in [-0.4, -0.2) is 34.0 Å². The van der Waals surface area contributed by atoms with E-state index >= 15 is 0 Å². The molecule has 0 aliphatic carbocycles. The Balaban J connectivity index is 1.60. The summed E-state index contributed by atoms with van der Waals surface area (Å²) in [6, 6.07) is 8.95. The third-order valence-electron chi connectivity index (χ3n) is 5.39. The molecule has 5 nitrogen and oxygen atoms in total. The zero-order valence-electron chi connectivity index (χ0n) is 17.3. The third kappa shape index (κ3) is 4.03. The van der Waals surface area contributed by atoms with E-state index in [4.69, 9.17) is 4.74 Å². The molecule has 0 bridgehead atoms. The van der Waals surface area contributed by atoms with E-state index in [2.05, 4.69) is 4.98 Å². The Bertz CT molecular complexity index is 1100. The summed E-state index contributed by atoms with van der Waals surface area (Å²) < 4.78 is 20.9. The van der Waals surface area contributed by atoms with E-state index < -0.39 is 0 Å². The van der Waals surface area contributed by atoms with Crippen LogP contribution in [0, 0.1) is 12.1 Å². The first kappa shape index (κ1) is 20.3. The Kier molecular flexibility index (Phi) is 5.72. The molecule has 1 atom stereocenters. The van der Waals surface area contributed by atoms with E-state index in [9.17, 15) is 9.18 Å². The number of rotatable bonds is 5. The molecule has 1 aliphatic heterocycles. The number of carbonyl (C=O) groups excluding carboxylic acids is 1. The van der Waals surface area contributed by atoms with Crippen molar-refractivity contribution in [2.45, 2.75) is 32.7 Å². The van der Waals surface area contributed by atoms with Crippen LogP contribution in [0.2, 0.25) is 0 Å². The van der Waals surface area contributed by atoms with Gasteiger partial charge in [0, 0.05) is 23.2 Å². The number of hydrogen-bond donors (Lipinski definition) is 0. The molecule has 3 aromatic rings. The minimum Gasteiger partial charge on any atom is -0.495 e. The van der Waals surface area contributed by atoms with Crippen LogP contribution in [-0.2, 0) is 4.79 Å². The fourth-order valence-electron chi connectivity index (χ4n) is 3.79. The first-order valence-corrected chi connectivity index (χ1v) is 10.7. The Morgan fingerprint density at radius 3 is 2.80 bits per heavy atom. The number of aromatic nitrogens is 2. The van der Waals surface area contributed by atoms with Gasteiger partial charge in [0.1, 0.15) is 5.75 Å². The molecule has 4 rings (SSSR count). The Labute approximate surface area is 179 Å². The van der Waals surface area contributed by atoms with Crippen molar-refractivity contribution in [3.63, 3.8) is 0 Å². The van der Waals surface area contributed by atoms with Crippen LogP contribution >= 0.6 is 11.3 Å². The standard InChI is InChI=1S/C23H24FN3O2S/c1-15-13-26(14-25-15)19-7-6-17(12-20(19)29-3)11-18-5-4-10-27(23(18)28)16(2)21-8-9-22(24)30-21/h6-9,11-14,16H,4-5,10H2,1-3H3/t16-/m0/s1. The van der Waals surface area contributed by atoms with Crippen LogP contribution in [0.4, 0.5) is 4.39 Å². The lowest BCUT2D eigenvalue weighted by molar-refractivity contribution is -0.130. The molecular weight excluding hydrogens is 401 g/mol. The number of amides is 1. The Hall–Kier alpha value is -2.93. The summed E-state index contributed by atoms with van der Waals surface area (Å²) in [7, 11) is 1.63. The van der Waals surface area contributed by atoms with Gasteiger partial charge in [-0.2, -0.15) is 4.39 Å². The van der Waals surface area contributed by atoms with Crippen LogP contribution in [0.1, 0.15) is 41.9 Å². The van der Waals surface area contributed by atoms with Gasteiger partial charge in [0.05, 0.1) is 30.9 Å². The lowest BCUT2D eigenvalue weighted by Gasteiger charge is -2.33. The fraction of sp³-hybridized carbons (Fsp3) is 0.304. The van der Waals surface area contributed by atoms with Gasteiger partial charge in [-0.1, -0.05) is 6.07 Å².